The minimum Gasteiger partial charge on any atom is -0.396 e. The summed E-state index contributed by atoms with van der Waals surface area (Å²) in [6.45, 7) is 1.01. The molecule has 0 aromatic carbocycles. The van der Waals surface area contributed by atoms with Gasteiger partial charge in [-0.05, 0) is 0 Å². The Balaban J connectivity index is 3.18. The molecule has 0 spiro atoms. The molecule has 0 radical (unpaired) electrons. The van der Waals surface area contributed by atoms with Crippen molar-refractivity contribution < 1.29 is 18.3 Å². The minimum absolute atomic E-state index is 0.156. The Kier molecular flexibility index (Phi) is 4.00. The van der Waals surface area contributed by atoms with Crippen LogP contribution in [-0.4, -0.2) is 36.3 Å². The molecule has 0 saturated heterocycles. The summed E-state index contributed by atoms with van der Waals surface area (Å²) in [6, 6.07) is 0. The highest BCUT2D eigenvalue weighted by Crippen LogP contribution is 2.23. The second-order valence-electron chi connectivity index (χ2n) is 3.33. The molecule has 1 heterocycles. The van der Waals surface area contributed by atoms with Crippen molar-refractivity contribution in [2.75, 3.05) is 6.61 Å². The minimum atomic E-state index is -3.90. The lowest BCUT2D eigenvalue weighted by atomic mass is 10.1. The molecule has 6 nitrogen and oxygen atoms in total. The normalized spacial score (nSPS) is 15.6. The fourth-order valence-corrected chi connectivity index (χ4v) is 4.10. The Hall–Kier alpha value is -0.990. The van der Waals surface area contributed by atoms with Crippen LogP contribution in [0, 0.1) is 5.92 Å². The number of nitrogens with zero attached hydrogens (tertiary/aromatic N) is 1. The molecule has 1 aromatic heterocycles. The highest BCUT2D eigenvalue weighted by atomic mass is 32.2. The highest BCUT2D eigenvalue weighted by molar-refractivity contribution is 7.94. The number of aliphatic hydroxyl groups excluding tert-OH is 1. The fraction of sp³-hybridized carbons (Fsp3) is 0.500. The predicted octanol–water partition coefficient (Wildman–Crippen LogP) is -0.601. The molecule has 0 aliphatic rings. The van der Waals surface area contributed by atoms with E-state index in [0.29, 0.717) is 0 Å². The summed E-state index contributed by atoms with van der Waals surface area (Å²) < 4.78 is 23.8. The van der Waals surface area contributed by atoms with E-state index in [2.05, 4.69) is 4.98 Å². The van der Waals surface area contributed by atoms with Crippen molar-refractivity contribution in [2.45, 2.75) is 16.5 Å². The van der Waals surface area contributed by atoms with Gasteiger partial charge < -0.3 is 10.8 Å². The first-order chi connectivity index (χ1) is 7.41. The summed E-state index contributed by atoms with van der Waals surface area (Å²) in [7, 11) is -3.90. The average Bonchev–Trinajstić information content (AvgIpc) is 2.69. The molecule has 0 bridgehead atoms. The van der Waals surface area contributed by atoms with Gasteiger partial charge in [-0.1, -0.05) is 6.92 Å². The van der Waals surface area contributed by atoms with Gasteiger partial charge in [0.1, 0.15) is 0 Å². The van der Waals surface area contributed by atoms with E-state index in [-0.39, 0.29) is 4.34 Å². The lowest BCUT2D eigenvalue weighted by molar-refractivity contribution is -0.118. The van der Waals surface area contributed by atoms with Crippen LogP contribution in [0.2, 0.25) is 0 Å². The zero-order valence-electron chi connectivity index (χ0n) is 8.53. The molecule has 16 heavy (non-hydrogen) atoms. The molecule has 8 heteroatoms. The Morgan fingerprint density at radius 2 is 2.31 bits per heavy atom. The number of nitrogens with two attached hydrogens (primary N) is 1. The molecule has 1 aromatic rings. The molecular weight excluding hydrogens is 252 g/mol. The number of rotatable bonds is 5. The third-order valence-electron chi connectivity index (χ3n) is 2.07. The summed E-state index contributed by atoms with van der Waals surface area (Å²) >= 11 is 0.915. The topological polar surface area (TPSA) is 110 Å². The van der Waals surface area contributed by atoms with E-state index in [4.69, 9.17) is 10.8 Å². The van der Waals surface area contributed by atoms with E-state index in [1.165, 1.54) is 18.5 Å². The van der Waals surface area contributed by atoms with Gasteiger partial charge in [-0.3, -0.25) is 4.79 Å². The number of thiazole rings is 1. The van der Waals surface area contributed by atoms with Crippen molar-refractivity contribution >= 4 is 27.1 Å². The molecule has 1 rings (SSSR count). The number of amides is 1. The van der Waals surface area contributed by atoms with Gasteiger partial charge in [0, 0.05) is 24.1 Å². The van der Waals surface area contributed by atoms with Gasteiger partial charge in [0.15, 0.2) is 5.25 Å². The maximum Gasteiger partial charge on any atom is 0.236 e. The maximum absolute atomic E-state index is 12.0. The van der Waals surface area contributed by atoms with Crippen molar-refractivity contribution in [3.63, 3.8) is 0 Å². The number of sulfone groups is 1. The summed E-state index contributed by atoms with van der Waals surface area (Å²) in [6.07, 6.45) is 1.33. The van der Waals surface area contributed by atoms with Crippen LogP contribution in [0.5, 0.6) is 0 Å². The van der Waals surface area contributed by atoms with Gasteiger partial charge in [-0.25, -0.2) is 13.4 Å². The van der Waals surface area contributed by atoms with Gasteiger partial charge >= 0.3 is 0 Å². The Labute approximate surface area is 97.0 Å². The van der Waals surface area contributed by atoms with Crippen molar-refractivity contribution in [1.29, 1.82) is 0 Å². The van der Waals surface area contributed by atoms with E-state index in [1.807, 2.05) is 0 Å². The number of carbonyl (C=O) groups is 1. The van der Waals surface area contributed by atoms with Crippen LogP contribution in [0.4, 0.5) is 0 Å². The van der Waals surface area contributed by atoms with E-state index in [1.54, 1.807) is 0 Å². The molecule has 0 aliphatic heterocycles. The van der Waals surface area contributed by atoms with Gasteiger partial charge in [0.25, 0.3) is 0 Å². The molecule has 0 aliphatic carbocycles. The zero-order chi connectivity index (χ0) is 12.3. The summed E-state index contributed by atoms with van der Waals surface area (Å²) in [5.41, 5.74) is 5.05. The van der Waals surface area contributed by atoms with Gasteiger partial charge in [-0.2, -0.15) is 0 Å². The molecule has 3 N–H and O–H groups in total. The largest absolute Gasteiger partial charge is 0.396 e. The summed E-state index contributed by atoms with van der Waals surface area (Å²) in [5.74, 6) is -1.73. The lowest BCUT2D eigenvalue weighted by Crippen LogP contribution is -2.42. The molecular formula is C8H12N2O4S2. The second kappa shape index (κ2) is 4.89. The van der Waals surface area contributed by atoms with Crippen LogP contribution in [-0.2, 0) is 14.6 Å². The quantitative estimate of drug-likeness (QED) is 0.737. The second-order valence-corrected chi connectivity index (χ2v) is 6.46. The smallest absolute Gasteiger partial charge is 0.236 e. The first kappa shape index (κ1) is 13.1. The van der Waals surface area contributed by atoms with Crippen molar-refractivity contribution in [2.24, 2.45) is 11.7 Å². The Morgan fingerprint density at radius 1 is 1.69 bits per heavy atom. The first-order valence-electron chi connectivity index (χ1n) is 4.44. The van der Waals surface area contributed by atoms with Crippen molar-refractivity contribution in [1.82, 2.24) is 4.98 Å². The van der Waals surface area contributed by atoms with E-state index >= 15 is 0 Å². The predicted molar refractivity (Wildman–Crippen MR) is 58.5 cm³/mol. The van der Waals surface area contributed by atoms with Crippen LogP contribution >= 0.6 is 11.3 Å². The lowest BCUT2D eigenvalue weighted by Gasteiger charge is -2.17. The number of primary amides is 1. The Morgan fingerprint density at radius 3 is 2.69 bits per heavy atom. The number of hydrogen-bond donors (Lipinski definition) is 2. The molecule has 0 saturated carbocycles. The molecule has 2 atom stereocenters. The van der Waals surface area contributed by atoms with Crippen molar-refractivity contribution in [3.05, 3.63) is 11.6 Å². The highest BCUT2D eigenvalue weighted by Gasteiger charge is 2.38. The van der Waals surface area contributed by atoms with E-state index in [9.17, 15) is 13.2 Å². The van der Waals surface area contributed by atoms with Crippen LogP contribution in [0.1, 0.15) is 6.92 Å². The SMILES string of the molecule is CC(CO)C(C(N)=O)S(=O)(=O)c1nccs1. The van der Waals surface area contributed by atoms with Gasteiger partial charge in [-0.15, -0.1) is 11.3 Å². The number of aromatic nitrogens is 1. The number of aliphatic hydroxyl groups is 1. The molecule has 2 unspecified atom stereocenters. The molecule has 90 valence electrons. The zero-order valence-corrected chi connectivity index (χ0v) is 10.2. The summed E-state index contributed by atoms with van der Waals surface area (Å²) in [5, 5.41) is 8.98. The first-order valence-corrected chi connectivity index (χ1v) is 6.87. The van der Waals surface area contributed by atoms with Crippen molar-refractivity contribution in [3.8, 4) is 0 Å². The number of hydrogen-bond acceptors (Lipinski definition) is 6. The van der Waals surface area contributed by atoms with Crippen LogP contribution < -0.4 is 5.73 Å². The standard InChI is InChI=1S/C8H12N2O4S2/c1-5(4-11)6(7(9)12)16(13,14)8-10-2-3-15-8/h2-3,5-6,11H,4H2,1H3,(H2,9,12). The third kappa shape index (κ3) is 2.39. The van der Waals surface area contributed by atoms with E-state index in [0.717, 1.165) is 11.3 Å². The average molecular weight is 264 g/mol. The molecule has 1 amide bonds. The third-order valence-corrected chi connectivity index (χ3v) is 5.58. The summed E-state index contributed by atoms with van der Waals surface area (Å²) in [4.78, 5) is 14.8. The molecule has 0 fully saturated rings. The van der Waals surface area contributed by atoms with Crippen LogP contribution in [0.15, 0.2) is 15.9 Å². The van der Waals surface area contributed by atoms with E-state index < -0.39 is 33.5 Å². The van der Waals surface area contributed by atoms with Crippen LogP contribution in [0.25, 0.3) is 0 Å². The fourth-order valence-electron chi connectivity index (χ4n) is 1.29. The maximum atomic E-state index is 12.0. The van der Waals surface area contributed by atoms with Gasteiger partial charge in [0.05, 0.1) is 0 Å². The van der Waals surface area contributed by atoms with Gasteiger partial charge in [0.2, 0.25) is 20.1 Å². The Bertz CT molecular complexity index is 454. The van der Waals surface area contributed by atoms with Crippen LogP contribution in [0.3, 0.4) is 0 Å². The number of carbonyl (C=O) groups excluding carboxylic acids is 1. The monoisotopic (exact) mass is 264 g/mol.